The molecular weight excluding hydrogens is 250 g/mol. The number of hydrogen-bond donors (Lipinski definition) is 1. The Hall–Kier alpha value is -1.17. The molecule has 1 rings (SSSR count). The molecular formula is C13H19NO3S. The van der Waals surface area contributed by atoms with E-state index >= 15 is 0 Å². The van der Waals surface area contributed by atoms with Gasteiger partial charge in [-0.2, -0.15) is 0 Å². The number of aliphatic carboxylic acids is 1. The van der Waals surface area contributed by atoms with Gasteiger partial charge in [-0.15, -0.1) is 11.3 Å². The highest BCUT2D eigenvalue weighted by Gasteiger charge is 2.07. The van der Waals surface area contributed by atoms with Crippen molar-refractivity contribution in [2.24, 2.45) is 0 Å². The maximum atomic E-state index is 10.5. The minimum atomic E-state index is -0.918. The maximum absolute atomic E-state index is 10.5. The maximum Gasteiger partial charge on any atom is 0.328 e. The second kappa shape index (κ2) is 8.02. The summed E-state index contributed by atoms with van der Waals surface area (Å²) in [6.07, 6.45) is 2.83. The van der Waals surface area contributed by atoms with Gasteiger partial charge in [0.15, 0.2) is 0 Å². The van der Waals surface area contributed by atoms with Gasteiger partial charge in [0.1, 0.15) is 0 Å². The van der Waals surface area contributed by atoms with Gasteiger partial charge in [-0.1, -0.05) is 6.92 Å². The van der Waals surface area contributed by atoms with Crippen LogP contribution in [0.2, 0.25) is 0 Å². The van der Waals surface area contributed by atoms with Gasteiger partial charge in [-0.3, -0.25) is 4.90 Å². The third kappa shape index (κ3) is 5.00. The average Bonchev–Trinajstić information content (AvgIpc) is 2.79. The molecule has 0 fully saturated rings. The normalized spacial score (nSPS) is 11.5. The van der Waals surface area contributed by atoms with Gasteiger partial charge >= 0.3 is 5.97 Å². The van der Waals surface area contributed by atoms with E-state index in [1.165, 1.54) is 11.0 Å². The van der Waals surface area contributed by atoms with Crippen molar-refractivity contribution in [3.8, 4) is 0 Å². The molecule has 0 bridgehead atoms. The van der Waals surface area contributed by atoms with Crippen molar-refractivity contribution in [2.75, 3.05) is 26.8 Å². The monoisotopic (exact) mass is 269 g/mol. The van der Waals surface area contributed by atoms with Gasteiger partial charge in [0, 0.05) is 31.2 Å². The quantitative estimate of drug-likeness (QED) is 0.736. The van der Waals surface area contributed by atoms with Gasteiger partial charge in [0.25, 0.3) is 0 Å². The Morgan fingerprint density at radius 3 is 3.00 bits per heavy atom. The van der Waals surface area contributed by atoms with E-state index in [9.17, 15) is 4.79 Å². The van der Waals surface area contributed by atoms with E-state index in [1.54, 1.807) is 24.5 Å². The van der Waals surface area contributed by atoms with Crippen LogP contribution < -0.4 is 0 Å². The fourth-order valence-electron chi connectivity index (χ4n) is 1.56. The number of carbonyl (C=O) groups is 1. The minimum absolute atomic E-state index is 0.708. The number of hydrogen-bond acceptors (Lipinski definition) is 4. The van der Waals surface area contributed by atoms with Gasteiger partial charge in [-0.05, 0) is 29.6 Å². The van der Waals surface area contributed by atoms with E-state index in [0.717, 1.165) is 25.2 Å². The molecule has 0 amide bonds. The van der Waals surface area contributed by atoms with Crippen LogP contribution in [0.1, 0.15) is 17.4 Å². The van der Waals surface area contributed by atoms with Crippen LogP contribution >= 0.6 is 11.3 Å². The van der Waals surface area contributed by atoms with Crippen LogP contribution in [-0.2, 0) is 16.1 Å². The fourth-order valence-corrected chi connectivity index (χ4v) is 2.47. The Morgan fingerprint density at radius 2 is 2.39 bits per heavy atom. The number of thiophene rings is 1. The summed E-state index contributed by atoms with van der Waals surface area (Å²) in [5.74, 6) is -0.918. The number of rotatable bonds is 8. The van der Waals surface area contributed by atoms with Crippen LogP contribution in [0.5, 0.6) is 0 Å². The molecule has 0 aliphatic heterocycles. The van der Waals surface area contributed by atoms with Crippen LogP contribution in [-0.4, -0.2) is 42.8 Å². The van der Waals surface area contributed by atoms with Gasteiger partial charge in [0.2, 0.25) is 0 Å². The Labute approximate surface area is 111 Å². The van der Waals surface area contributed by atoms with Crippen molar-refractivity contribution >= 4 is 23.4 Å². The lowest BCUT2D eigenvalue weighted by Gasteiger charge is -2.19. The van der Waals surface area contributed by atoms with E-state index in [2.05, 4.69) is 11.8 Å². The summed E-state index contributed by atoms with van der Waals surface area (Å²) in [4.78, 5) is 14.0. The predicted molar refractivity (Wildman–Crippen MR) is 73.8 cm³/mol. The van der Waals surface area contributed by atoms with Crippen molar-refractivity contribution in [3.63, 3.8) is 0 Å². The predicted octanol–water partition coefficient (Wildman–Crippen LogP) is 2.31. The molecule has 0 spiro atoms. The molecule has 18 heavy (non-hydrogen) atoms. The Balaban J connectivity index is 2.65. The molecule has 1 aromatic heterocycles. The molecule has 100 valence electrons. The van der Waals surface area contributed by atoms with Crippen LogP contribution in [0, 0.1) is 0 Å². The first-order valence-electron chi connectivity index (χ1n) is 5.86. The van der Waals surface area contributed by atoms with Crippen LogP contribution in [0.4, 0.5) is 0 Å². The van der Waals surface area contributed by atoms with Crippen molar-refractivity contribution in [3.05, 3.63) is 28.0 Å². The summed E-state index contributed by atoms with van der Waals surface area (Å²) in [6.45, 7) is 5.47. The SMILES string of the molecule is CCN(CCOC)Cc1sccc1/C=C/C(=O)O. The van der Waals surface area contributed by atoms with Crippen LogP contribution in [0.25, 0.3) is 6.08 Å². The first-order chi connectivity index (χ1) is 8.67. The number of carboxylic acids is 1. The van der Waals surface area contributed by atoms with Crippen LogP contribution in [0.3, 0.4) is 0 Å². The third-order valence-corrected chi connectivity index (χ3v) is 3.53. The van der Waals surface area contributed by atoms with Gasteiger partial charge in [-0.25, -0.2) is 4.79 Å². The second-order valence-electron chi connectivity index (χ2n) is 3.83. The number of likely N-dealkylation sites (N-methyl/N-ethyl adjacent to an activating group) is 1. The number of ether oxygens (including phenoxy) is 1. The smallest absolute Gasteiger partial charge is 0.328 e. The molecule has 0 aromatic carbocycles. The molecule has 0 radical (unpaired) electrons. The molecule has 0 saturated carbocycles. The van der Waals surface area contributed by atoms with E-state index in [4.69, 9.17) is 9.84 Å². The highest BCUT2D eigenvalue weighted by atomic mass is 32.1. The lowest BCUT2D eigenvalue weighted by atomic mass is 10.2. The zero-order chi connectivity index (χ0) is 13.4. The van der Waals surface area contributed by atoms with Gasteiger partial charge < -0.3 is 9.84 Å². The zero-order valence-electron chi connectivity index (χ0n) is 10.8. The molecule has 0 atom stereocenters. The van der Waals surface area contributed by atoms with E-state index in [-0.39, 0.29) is 0 Å². The molecule has 0 saturated heterocycles. The summed E-state index contributed by atoms with van der Waals surface area (Å²) in [7, 11) is 1.69. The molecule has 1 aromatic rings. The topological polar surface area (TPSA) is 49.8 Å². The highest BCUT2D eigenvalue weighted by molar-refractivity contribution is 7.10. The molecule has 5 heteroatoms. The minimum Gasteiger partial charge on any atom is -0.478 e. The van der Waals surface area contributed by atoms with Crippen molar-refractivity contribution in [1.82, 2.24) is 4.90 Å². The van der Waals surface area contributed by atoms with E-state index in [1.807, 2.05) is 11.4 Å². The molecule has 0 aliphatic rings. The summed E-state index contributed by atoms with van der Waals surface area (Å²) in [5, 5.41) is 10.6. The number of carboxylic acid groups (broad SMARTS) is 1. The Kier molecular flexibility index (Phi) is 6.64. The lowest BCUT2D eigenvalue weighted by Crippen LogP contribution is -2.26. The molecule has 1 heterocycles. The van der Waals surface area contributed by atoms with Crippen LogP contribution in [0.15, 0.2) is 17.5 Å². The van der Waals surface area contributed by atoms with E-state index < -0.39 is 5.97 Å². The molecule has 0 unspecified atom stereocenters. The highest BCUT2D eigenvalue weighted by Crippen LogP contribution is 2.20. The number of nitrogens with zero attached hydrogens (tertiary/aromatic N) is 1. The first kappa shape index (κ1) is 14.9. The summed E-state index contributed by atoms with van der Waals surface area (Å²) >= 11 is 1.65. The van der Waals surface area contributed by atoms with Crippen molar-refractivity contribution < 1.29 is 14.6 Å². The van der Waals surface area contributed by atoms with E-state index in [0.29, 0.717) is 6.61 Å². The average molecular weight is 269 g/mol. The second-order valence-corrected chi connectivity index (χ2v) is 4.83. The third-order valence-electron chi connectivity index (χ3n) is 2.61. The van der Waals surface area contributed by atoms with Crippen molar-refractivity contribution in [2.45, 2.75) is 13.5 Å². The van der Waals surface area contributed by atoms with Gasteiger partial charge in [0.05, 0.1) is 6.61 Å². The zero-order valence-corrected chi connectivity index (χ0v) is 11.6. The summed E-state index contributed by atoms with van der Waals surface area (Å²) in [5.41, 5.74) is 0.985. The molecule has 4 nitrogen and oxygen atoms in total. The Morgan fingerprint density at radius 1 is 1.61 bits per heavy atom. The summed E-state index contributed by atoms with van der Waals surface area (Å²) in [6, 6.07) is 1.95. The summed E-state index contributed by atoms with van der Waals surface area (Å²) < 4.78 is 5.07. The largest absolute Gasteiger partial charge is 0.478 e. The lowest BCUT2D eigenvalue weighted by molar-refractivity contribution is -0.131. The first-order valence-corrected chi connectivity index (χ1v) is 6.74. The number of methoxy groups -OCH3 is 1. The Bertz CT molecular complexity index is 401. The standard InChI is InChI=1S/C13H19NO3S/c1-3-14(7-8-17-2)10-12-11(6-9-18-12)4-5-13(15)16/h4-6,9H,3,7-8,10H2,1-2H3,(H,15,16)/b5-4+. The van der Waals surface area contributed by atoms with Crippen molar-refractivity contribution in [1.29, 1.82) is 0 Å². The molecule has 0 aliphatic carbocycles. The fraction of sp³-hybridized carbons (Fsp3) is 0.462. The molecule has 1 N–H and O–H groups in total.